The highest BCUT2D eigenvalue weighted by Gasteiger charge is 2.41. The maximum atomic E-state index is 13.2. The lowest BCUT2D eigenvalue weighted by molar-refractivity contribution is -0.160. The molecule has 10 nitrogen and oxygen atoms in total. The van der Waals surface area contributed by atoms with Gasteiger partial charge in [0.1, 0.15) is 23.4 Å². The molecule has 1 aromatic heterocycles. The van der Waals surface area contributed by atoms with Crippen molar-refractivity contribution >= 4 is 34.9 Å². The standard InChI is InChI=1S/C31H35F2N5O5S/c1-17(2)19-4-8-22(9-5-19)42-23-10-6-20(7-11-23)29(40)36-14-27(39)38-15-24(43-31(32)33)13-25(38)30(41)37-18(3)26-12-21(16-44-26)28(34)35/h4-12,16-18,24-25,31H,13-15H2,1-3H3,(H3,34,35)(H,36,40)(H,37,41)/t18-,24-,25+/m1/s1. The van der Waals surface area contributed by atoms with E-state index in [0.717, 1.165) is 9.78 Å². The summed E-state index contributed by atoms with van der Waals surface area (Å²) in [6.45, 7) is 2.18. The van der Waals surface area contributed by atoms with Crippen LogP contribution in [-0.4, -0.2) is 60.3 Å². The maximum Gasteiger partial charge on any atom is 0.345 e. The summed E-state index contributed by atoms with van der Waals surface area (Å²) in [6, 6.07) is 14.2. The number of nitrogen functional groups attached to an aromatic ring is 1. The average Bonchev–Trinajstić information content (AvgIpc) is 3.64. The monoisotopic (exact) mass is 627 g/mol. The largest absolute Gasteiger partial charge is 0.457 e. The number of hydrogen-bond donors (Lipinski definition) is 4. The fraction of sp³-hybridized carbons (Fsp3) is 0.355. The minimum Gasteiger partial charge on any atom is -0.457 e. The van der Waals surface area contributed by atoms with Crippen LogP contribution in [0.3, 0.4) is 0 Å². The van der Waals surface area contributed by atoms with Crippen LogP contribution in [0.15, 0.2) is 60.0 Å². The highest BCUT2D eigenvalue weighted by atomic mass is 32.1. The summed E-state index contributed by atoms with van der Waals surface area (Å²) in [5.74, 6) is -0.223. The first kappa shape index (κ1) is 32.6. The van der Waals surface area contributed by atoms with Crippen molar-refractivity contribution in [1.29, 1.82) is 5.41 Å². The predicted octanol–water partition coefficient (Wildman–Crippen LogP) is 4.76. The topological polar surface area (TPSA) is 147 Å². The van der Waals surface area contributed by atoms with Crippen LogP contribution < -0.4 is 21.1 Å². The van der Waals surface area contributed by atoms with Crippen molar-refractivity contribution in [3.05, 3.63) is 81.5 Å². The number of ether oxygens (including phenoxy) is 2. The van der Waals surface area contributed by atoms with Gasteiger partial charge in [-0.2, -0.15) is 8.78 Å². The number of carbonyl (C=O) groups is 3. The van der Waals surface area contributed by atoms with Crippen LogP contribution in [0.5, 0.6) is 11.5 Å². The summed E-state index contributed by atoms with van der Waals surface area (Å²) in [7, 11) is 0. The number of likely N-dealkylation sites (tertiary alicyclic amines) is 1. The molecular weight excluding hydrogens is 592 g/mol. The van der Waals surface area contributed by atoms with E-state index >= 15 is 0 Å². The van der Waals surface area contributed by atoms with Crippen molar-refractivity contribution in [1.82, 2.24) is 15.5 Å². The molecule has 234 valence electrons. The molecule has 2 aromatic carbocycles. The van der Waals surface area contributed by atoms with Gasteiger partial charge in [0.2, 0.25) is 11.8 Å². The number of amides is 3. The number of halogens is 2. The number of hydrogen-bond acceptors (Lipinski definition) is 7. The van der Waals surface area contributed by atoms with Crippen molar-refractivity contribution in [2.24, 2.45) is 5.73 Å². The van der Waals surface area contributed by atoms with Crippen LogP contribution in [-0.2, 0) is 14.3 Å². The van der Waals surface area contributed by atoms with Crippen LogP contribution in [0.1, 0.15) is 65.5 Å². The van der Waals surface area contributed by atoms with Crippen molar-refractivity contribution in [3.8, 4) is 11.5 Å². The third-order valence-electron chi connectivity index (χ3n) is 7.20. The molecular formula is C31H35F2N5O5S. The van der Waals surface area contributed by atoms with Crippen molar-refractivity contribution < 1.29 is 32.6 Å². The molecule has 1 aliphatic rings. The Labute approximate surface area is 258 Å². The Hall–Kier alpha value is -4.36. The molecule has 0 bridgehead atoms. The Kier molecular flexibility index (Phi) is 10.7. The number of nitrogens with one attached hydrogen (secondary N) is 3. The van der Waals surface area contributed by atoms with Gasteiger partial charge >= 0.3 is 6.61 Å². The minimum atomic E-state index is -3.07. The molecule has 1 fully saturated rings. The van der Waals surface area contributed by atoms with E-state index in [1.807, 2.05) is 24.3 Å². The zero-order valence-electron chi connectivity index (χ0n) is 24.5. The van der Waals surface area contributed by atoms with Crippen LogP contribution in [0.4, 0.5) is 8.78 Å². The molecule has 5 N–H and O–H groups in total. The summed E-state index contributed by atoms with van der Waals surface area (Å²) < 4.78 is 36.4. The van der Waals surface area contributed by atoms with E-state index in [1.165, 1.54) is 16.9 Å². The summed E-state index contributed by atoms with van der Waals surface area (Å²) in [5, 5.41) is 14.6. The second-order valence-corrected chi connectivity index (χ2v) is 11.7. The number of alkyl halides is 2. The van der Waals surface area contributed by atoms with Gasteiger partial charge in [-0.25, -0.2) is 0 Å². The Bertz CT molecular complexity index is 1480. The van der Waals surface area contributed by atoms with Gasteiger partial charge in [0.05, 0.1) is 18.7 Å². The van der Waals surface area contributed by atoms with Crippen molar-refractivity contribution in [3.63, 3.8) is 0 Å². The highest BCUT2D eigenvalue weighted by Crippen LogP contribution is 2.27. The second-order valence-electron chi connectivity index (χ2n) is 10.7. The summed E-state index contributed by atoms with van der Waals surface area (Å²) in [6.07, 6.45) is -1.19. The SMILES string of the molecule is CC(C)c1ccc(Oc2ccc(C(=O)NCC(=O)N3C[C@H](OC(F)F)C[C@H]3C(=O)N[C@H](C)c3cc(C(=N)N)cs3)cc2)cc1. The summed E-state index contributed by atoms with van der Waals surface area (Å²) in [4.78, 5) is 40.9. The smallest absolute Gasteiger partial charge is 0.345 e. The van der Waals surface area contributed by atoms with Gasteiger partial charge in [-0.3, -0.25) is 19.8 Å². The number of carbonyl (C=O) groups excluding carboxylic acids is 3. The third kappa shape index (κ3) is 8.38. The van der Waals surface area contributed by atoms with Gasteiger partial charge in [0.15, 0.2) is 0 Å². The molecule has 4 rings (SSSR count). The fourth-order valence-electron chi connectivity index (χ4n) is 4.76. The molecule has 3 aromatic rings. The average molecular weight is 628 g/mol. The molecule has 0 saturated carbocycles. The van der Waals surface area contributed by atoms with E-state index in [2.05, 4.69) is 29.2 Å². The van der Waals surface area contributed by atoms with Gasteiger partial charge in [-0.15, -0.1) is 11.3 Å². The predicted molar refractivity (Wildman–Crippen MR) is 162 cm³/mol. The molecule has 3 atom stereocenters. The first-order chi connectivity index (χ1) is 20.9. The second kappa shape index (κ2) is 14.4. The van der Waals surface area contributed by atoms with Gasteiger partial charge in [-0.1, -0.05) is 26.0 Å². The lowest BCUT2D eigenvalue weighted by Gasteiger charge is -2.25. The Morgan fingerprint density at radius 2 is 1.68 bits per heavy atom. The number of benzene rings is 2. The summed E-state index contributed by atoms with van der Waals surface area (Å²) in [5.41, 5.74) is 7.50. The normalized spacial score (nSPS) is 17.0. The van der Waals surface area contributed by atoms with Crippen LogP contribution in [0, 0.1) is 5.41 Å². The molecule has 3 amide bonds. The van der Waals surface area contributed by atoms with Crippen molar-refractivity contribution in [2.75, 3.05) is 13.1 Å². The molecule has 0 aliphatic carbocycles. The number of amidine groups is 1. The van der Waals surface area contributed by atoms with E-state index in [0.29, 0.717) is 23.0 Å². The Balaban J connectivity index is 1.35. The van der Waals surface area contributed by atoms with Gasteiger partial charge < -0.3 is 30.7 Å². The number of nitrogens with two attached hydrogens (primary N) is 1. The quantitative estimate of drug-likeness (QED) is 0.168. The van der Waals surface area contributed by atoms with Gasteiger partial charge in [-0.05, 0) is 60.9 Å². The molecule has 0 unspecified atom stereocenters. The molecule has 13 heteroatoms. The number of thiophene rings is 1. The van der Waals surface area contributed by atoms with E-state index in [1.54, 1.807) is 42.6 Å². The van der Waals surface area contributed by atoms with E-state index < -0.39 is 49.1 Å². The van der Waals surface area contributed by atoms with Crippen LogP contribution in [0.2, 0.25) is 0 Å². The first-order valence-corrected chi connectivity index (χ1v) is 14.9. The minimum absolute atomic E-state index is 0.107. The van der Waals surface area contributed by atoms with E-state index in [9.17, 15) is 23.2 Å². The van der Waals surface area contributed by atoms with Gasteiger partial charge in [0.25, 0.3) is 5.91 Å². The lowest BCUT2D eigenvalue weighted by Crippen LogP contribution is -2.49. The number of rotatable bonds is 12. The molecule has 1 aliphatic heterocycles. The third-order valence-corrected chi connectivity index (χ3v) is 8.31. The molecule has 2 heterocycles. The fourth-order valence-corrected chi connectivity index (χ4v) is 5.67. The zero-order valence-corrected chi connectivity index (χ0v) is 25.3. The van der Waals surface area contributed by atoms with Crippen LogP contribution in [0.25, 0.3) is 0 Å². The van der Waals surface area contributed by atoms with Gasteiger partial charge in [0, 0.05) is 34.3 Å². The zero-order chi connectivity index (χ0) is 32.0. The molecule has 0 radical (unpaired) electrons. The maximum absolute atomic E-state index is 13.2. The van der Waals surface area contributed by atoms with E-state index in [4.69, 9.17) is 15.9 Å². The first-order valence-electron chi connectivity index (χ1n) is 14.0. The molecule has 0 spiro atoms. The highest BCUT2D eigenvalue weighted by molar-refractivity contribution is 7.10. The van der Waals surface area contributed by atoms with E-state index in [-0.39, 0.29) is 24.4 Å². The van der Waals surface area contributed by atoms with Crippen LogP contribution >= 0.6 is 11.3 Å². The van der Waals surface area contributed by atoms with Crippen molar-refractivity contribution in [2.45, 2.75) is 57.9 Å². The molecule has 1 saturated heterocycles. The number of nitrogens with zero attached hydrogens (tertiary/aromatic N) is 1. The summed E-state index contributed by atoms with van der Waals surface area (Å²) >= 11 is 1.30. The lowest BCUT2D eigenvalue weighted by atomic mass is 10.0. The molecule has 44 heavy (non-hydrogen) atoms. The Morgan fingerprint density at radius 1 is 1.05 bits per heavy atom. The Morgan fingerprint density at radius 3 is 2.25 bits per heavy atom.